The lowest BCUT2D eigenvalue weighted by Gasteiger charge is -2.18. The Kier molecular flexibility index (Phi) is 7.81. The molecule has 0 aliphatic carbocycles. The van der Waals surface area contributed by atoms with Crippen LogP contribution < -0.4 is 5.32 Å². The van der Waals surface area contributed by atoms with Crippen LogP contribution in [0.25, 0.3) is 0 Å². The number of rotatable bonds is 9. The Morgan fingerprint density at radius 1 is 1.04 bits per heavy atom. The molecule has 0 spiro atoms. The zero-order valence-corrected chi connectivity index (χ0v) is 17.5. The topological polar surface area (TPSA) is 74.4 Å². The van der Waals surface area contributed by atoms with Crippen LogP contribution in [0.2, 0.25) is 0 Å². The van der Waals surface area contributed by atoms with Crippen molar-refractivity contribution in [2.45, 2.75) is 47.7 Å². The lowest BCUT2D eigenvalue weighted by molar-refractivity contribution is 0.0525. The van der Waals surface area contributed by atoms with Gasteiger partial charge in [0.25, 0.3) is 5.91 Å². The minimum atomic E-state index is -0.406. The molecule has 28 heavy (non-hydrogen) atoms. The molecular formula is C22H31N3O3. The van der Waals surface area contributed by atoms with E-state index in [0.717, 1.165) is 25.2 Å². The summed E-state index contributed by atoms with van der Waals surface area (Å²) in [5.41, 5.74) is 4.38. The fraction of sp³-hybridized carbons (Fsp3) is 0.455. The summed E-state index contributed by atoms with van der Waals surface area (Å²) in [6.07, 6.45) is 0. The third kappa shape index (κ3) is 5.23. The van der Waals surface area contributed by atoms with Gasteiger partial charge >= 0.3 is 5.97 Å². The van der Waals surface area contributed by atoms with E-state index in [2.05, 4.69) is 41.2 Å². The lowest BCUT2D eigenvalue weighted by atomic mass is 10.1. The molecule has 2 aromatic rings. The van der Waals surface area contributed by atoms with E-state index in [9.17, 15) is 9.59 Å². The van der Waals surface area contributed by atoms with E-state index >= 15 is 0 Å². The average Bonchev–Trinajstić information content (AvgIpc) is 2.99. The Morgan fingerprint density at radius 3 is 2.21 bits per heavy atom. The molecule has 0 unspecified atom stereocenters. The monoisotopic (exact) mass is 385 g/mol. The number of amides is 1. The van der Waals surface area contributed by atoms with Crippen molar-refractivity contribution in [2.75, 3.05) is 19.7 Å². The summed E-state index contributed by atoms with van der Waals surface area (Å²) < 4.78 is 5.07. The number of aromatic nitrogens is 1. The third-order valence-corrected chi connectivity index (χ3v) is 4.92. The van der Waals surface area contributed by atoms with Crippen molar-refractivity contribution in [2.24, 2.45) is 0 Å². The number of nitrogens with zero attached hydrogens (tertiary/aromatic N) is 1. The molecule has 0 aliphatic rings. The molecule has 0 aliphatic heterocycles. The van der Waals surface area contributed by atoms with Gasteiger partial charge in [-0.25, -0.2) is 4.79 Å². The van der Waals surface area contributed by atoms with Gasteiger partial charge in [0.15, 0.2) is 0 Å². The van der Waals surface area contributed by atoms with Crippen molar-refractivity contribution in [3.63, 3.8) is 0 Å². The fourth-order valence-electron chi connectivity index (χ4n) is 3.23. The van der Waals surface area contributed by atoms with Crippen LogP contribution in [-0.2, 0) is 17.8 Å². The molecule has 0 saturated carbocycles. The first-order chi connectivity index (χ1) is 13.4. The van der Waals surface area contributed by atoms with E-state index in [1.807, 2.05) is 12.1 Å². The van der Waals surface area contributed by atoms with Gasteiger partial charge in [-0.2, -0.15) is 0 Å². The summed E-state index contributed by atoms with van der Waals surface area (Å²) in [5.74, 6) is -0.639. The second-order valence-electron chi connectivity index (χ2n) is 6.81. The van der Waals surface area contributed by atoms with Crippen molar-refractivity contribution >= 4 is 11.9 Å². The highest BCUT2D eigenvalue weighted by Gasteiger charge is 2.22. The molecule has 0 atom stereocenters. The van der Waals surface area contributed by atoms with Gasteiger partial charge in [0, 0.05) is 18.8 Å². The standard InChI is InChI=1S/C22H31N3O3/c1-6-25(7-2)14-18-11-9-17(10-12-18)13-23-21(26)20-15(4)19(16(5)24-20)22(27)28-8-3/h9-12,24H,6-8,13-14H2,1-5H3,(H,23,26). The predicted octanol–water partition coefficient (Wildman–Crippen LogP) is 3.58. The highest BCUT2D eigenvalue weighted by Crippen LogP contribution is 2.19. The van der Waals surface area contributed by atoms with Crippen LogP contribution in [0.15, 0.2) is 24.3 Å². The van der Waals surface area contributed by atoms with Gasteiger partial charge in [0.05, 0.1) is 12.2 Å². The number of aromatic amines is 1. The molecular weight excluding hydrogens is 354 g/mol. The van der Waals surface area contributed by atoms with Crippen LogP contribution in [0, 0.1) is 13.8 Å². The molecule has 1 aromatic heterocycles. The van der Waals surface area contributed by atoms with E-state index in [1.165, 1.54) is 5.56 Å². The SMILES string of the molecule is CCOC(=O)c1c(C)[nH]c(C(=O)NCc2ccc(CN(CC)CC)cc2)c1C. The minimum Gasteiger partial charge on any atom is -0.462 e. The quantitative estimate of drug-likeness (QED) is 0.647. The summed E-state index contributed by atoms with van der Waals surface area (Å²) in [5, 5.41) is 2.92. The van der Waals surface area contributed by atoms with E-state index in [1.54, 1.807) is 20.8 Å². The maximum atomic E-state index is 12.6. The first kappa shape index (κ1) is 21.7. The maximum absolute atomic E-state index is 12.6. The highest BCUT2D eigenvalue weighted by atomic mass is 16.5. The van der Waals surface area contributed by atoms with Crippen molar-refractivity contribution < 1.29 is 14.3 Å². The molecule has 1 heterocycles. The number of hydrogen-bond acceptors (Lipinski definition) is 4. The molecule has 0 fully saturated rings. The fourth-order valence-corrected chi connectivity index (χ4v) is 3.23. The van der Waals surface area contributed by atoms with Crippen LogP contribution in [0.1, 0.15) is 64.0 Å². The van der Waals surface area contributed by atoms with Crippen LogP contribution in [-0.4, -0.2) is 41.5 Å². The number of aryl methyl sites for hydroxylation is 1. The maximum Gasteiger partial charge on any atom is 0.340 e. The van der Waals surface area contributed by atoms with Crippen molar-refractivity contribution in [1.29, 1.82) is 0 Å². The summed E-state index contributed by atoms with van der Waals surface area (Å²) in [4.78, 5) is 30.0. The summed E-state index contributed by atoms with van der Waals surface area (Å²) in [6.45, 7) is 13.3. The summed E-state index contributed by atoms with van der Waals surface area (Å²) in [7, 11) is 0. The first-order valence-corrected chi connectivity index (χ1v) is 9.85. The van der Waals surface area contributed by atoms with Gasteiger partial charge in [-0.3, -0.25) is 9.69 Å². The number of nitrogens with one attached hydrogen (secondary N) is 2. The van der Waals surface area contributed by atoms with Gasteiger partial charge in [-0.15, -0.1) is 0 Å². The molecule has 152 valence electrons. The number of H-pyrrole nitrogens is 1. The van der Waals surface area contributed by atoms with Crippen LogP contribution in [0.3, 0.4) is 0 Å². The normalized spacial score (nSPS) is 10.9. The number of ether oxygens (including phenoxy) is 1. The molecule has 6 heteroatoms. The first-order valence-electron chi connectivity index (χ1n) is 9.85. The third-order valence-electron chi connectivity index (χ3n) is 4.92. The summed E-state index contributed by atoms with van der Waals surface area (Å²) >= 11 is 0. The van der Waals surface area contributed by atoms with E-state index < -0.39 is 5.97 Å². The molecule has 2 rings (SSSR count). The Balaban J connectivity index is 2.01. The number of carbonyl (C=O) groups is 2. The zero-order valence-electron chi connectivity index (χ0n) is 17.5. The van der Waals surface area contributed by atoms with E-state index in [0.29, 0.717) is 35.7 Å². The van der Waals surface area contributed by atoms with Crippen molar-refractivity contribution in [3.05, 3.63) is 57.9 Å². The lowest BCUT2D eigenvalue weighted by Crippen LogP contribution is -2.24. The van der Waals surface area contributed by atoms with Crippen LogP contribution >= 0.6 is 0 Å². The van der Waals surface area contributed by atoms with Gasteiger partial charge in [0.1, 0.15) is 5.69 Å². The molecule has 1 amide bonds. The van der Waals surface area contributed by atoms with Crippen molar-refractivity contribution in [3.8, 4) is 0 Å². The Morgan fingerprint density at radius 2 is 1.64 bits per heavy atom. The second-order valence-corrected chi connectivity index (χ2v) is 6.81. The molecule has 0 radical (unpaired) electrons. The molecule has 1 aromatic carbocycles. The van der Waals surface area contributed by atoms with Gasteiger partial charge < -0.3 is 15.0 Å². The molecule has 6 nitrogen and oxygen atoms in total. The Hall–Kier alpha value is -2.60. The van der Waals surface area contributed by atoms with Crippen LogP contribution in [0.4, 0.5) is 0 Å². The van der Waals surface area contributed by atoms with E-state index in [-0.39, 0.29) is 5.91 Å². The van der Waals surface area contributed by atoms with E-state index in [4.69, 9.17) is 4.74 Å². The number of hydrogen-bond donors (Lipinski definition) is 2. The highest BCUT2D eigenvalue weighted by molar-refractivity contribution is 6.00. The molecule has 0 saturated heterocycles. The average molecular weight is 386 g/mol. The largest absolute Gasteiger partial charge is 0.462 e. The van der Waals surface area contributed by atoms with Gasteiger partial charge in [0.2, 0.25) is 0 Å². The Bertz CT molecular complexity index is 805. The smallest absolute Gasteiger partial charge is 0.340 e. The zero-order chi connectivity index (χ0) is 20.7. The Labute approximate surface area is 167 Å². The minimum absolute atomic E-state index is 0.233. The summed E-state index contributed by atoms with van der Waals surface area (Å²) in [6, 6.07) is 8.28. The van der Waals surface area contributed by atoms with Crippen LogP contribution in [0.5, 0.6) is 0 Å². The van der Waals surface area contributed by atoms with Gasteiger partial charge in [-0.1, -0.05) is 38.1 Å². The van der Waals surface area contributed by atoms with Gasteiger partial charge in [-0.05, 0) is 50.6 Å². The predicted molar refractivity (Wildman–Crippen MR) is 110 cm³/mol. The van der Waals surface area contributed by atoms with Crippen molar-refractivity contribution in [1.82, 2.24) is 15.2 Å². The number of benzene rings is 1. The number of esters is 1. The molecule has 2 N–H and O–H groups in total. The molecule has 0 bridgehead atoms. The second kappa shape index (κ2) is 10.1. The number of carbonyl (C=O) groups excluding carboxylic acids is 2.